The van der Waals surface area contributed by atoms with E-state index >= 15 is 0 Å². The highest BCUT2D eigenvalue weighted by molar-refractivity contribution is 5.64. The summed E-state index contributed by atoms with van der Waals surface area (Å²) in [6.07, 6.45) is 4.14. The zero-order chi connectivity index (χ0) is 7.56. The Hall–Kier alpha value is -1.43. The molecule has 1 rings (SSSR count). The van der Waals surface area contributed by atoms with Crippen LogP contribution in [-0.4, -0.2) is 12.3 Å². The van der Waals surface area contributed by atoms with Crippen LogP contribution in [0.1, 0.15) is 6.42 Å². The van der Waals surface area contributed by atoms with Crippen LogP contribution in [0.25, 0.3) is 0 Å². The van der Waals surface area contributed by atoms with Crippen LogP contribution >= 0.6 is 0 Å². The van der Waals surface area contributed by atoms with Crippen LogP contribution in [0.4, 0.5) is 4.79 Å². The number of carbonyl (C=O) groups is 1. The summed E-state index contributed by atoms with van der Waals surface area (Å²) >= 11 is 0. The van der Waals surface area contributed by atoms with E-state index in [9.17, 15) is 4.79 Å². The first kappa shape index (κ1) is 6.69. The summed E-state index contributed by atoms with van der Waals surface area (Å²) in [5, 5.41) is 0. The van der Waals surface area contributed by atoms with Crippen molar-refractivity contribution in [3.8, 4) is 12.3 Å². The maximum Gasteiger partial charge on any atom is 0.514 e. The molecule has 3 heteroatoms. The fourth-order valence-corrected chi connectivity index (χ4v) is 0.641. The summed E-state index contributed by atoms with van der Waals surface area (Å²) in [4.78, 5) is 10.4. The molecule has 0 aromatic heterocycles. The Morgan fingerprint density at radius 1 is 1.80 bits per heavy atom. The third-order valence-electron chi connectivity index (χ3n) is 1.12. The van der Waals surface area contributed by atoms with Crippen molar-refractivity contribution in [1.29, 1.82) is 0 Å². The topological polar surface area (TPSA) is 35.5 Å². The predicted molar refractivity (Wildman–Crippen MR) is 33.9 cm³/mol. The molecule has 0 saturated carbocycles. The van der Waals surface area contributed by atoms with E-state index in [0.717, 1.165) is 0 Å². The molecule has 0 radical (unpaired) electrons. The fourth-order valence-electron chi connectivity index (χ4n) is 0.641. The van der Waals surface area contributed by atoms with E-state index in [4.69, 9.17) is 6.42 Å². The molecule has 1 aliphatic heterocycles. The minimum Gasteiger partial charge on any atom is -0.421 e. The molecule has 0 N–H and O–H groups in total. The molecular formula is C7H6O3. The minimum absolute atomic E-state index is 0.294. The Bertz CT molecular complexity index is 211. The number of carbonyl (C=O) groups excluding carboxylic acids is 1. The molecule has 0 aliphatic carbocycles. The van der Waals surface area contributed by atoms with Gasteiger partial charge in [-0.2, -0.15) is 0 Å². The van der Waals surface area contributed by atoms with Gasteiger partial charge in [0.2, 0.25) is 0 Å². The van der Waals surface area contributed by atoms with Crippen LogP contribution in [0.3, 0.4) is 0 Å². The Morgan fingerprint density at radius 2 is 2.50 bits per heavy atom. The van der Waals surface area contributed by atoms with Crippen LogP contribution < -0.4 is 0 Å². The number of rotatable bonds is 1. The van der Waals surface area contributed by atoms with Crippen molar-refractivity contribution < 1.29 is 14.3 Å². The molecule has 0 bridgehead atoms. The van der Waals surface area contributed by atoms with Crippen LogP contribution in [0.15, 0.2) is 12.3 Å². The van der Waals surface area contributed by atoms with E-state index in [-0.39, 0.29) is 0 Å². The van der Waals surface area contributed by atoms with E-state index in [1.807, 2.05) is 0 Å². The van der Waals surface area contributed by atoms with E-state index in [1.54, 1.807) is 0 Å². The molecule has 0 spiro atoms. The van der Waals surface area contributed by atoms with Gasteiger partial charge in [0.25, 0.3) is 0 Å². The Morgan fingerprint density at radius 3 is 2.90 bits per heavy atom. The number of hydrogen-bond acceptors (Lipinski definition) is 3. The van der Waals surface area contributed by atoms with Crippen molar-refractivity contribution in [2.24, 2.45) is 0 Å². The molecule has 1 heterocycles. The first-order chi connectivity index (χ1) is 4.74. The summed E-state index contributed by atoms with van der Waals surface area (Å²) in [7, 11) is 0. The Labute approximate surface area is 58.6 Å². The van der Waals surface area contributed by atoms with Gasteiger partial charge in [-0.3, -0.25) is 0 Å². The van der Waals surface area contributed by atoms with Crippen molar-refractivity contribution >= 4 is 6.16 Å². The molecule has 3 nitrogen and oxygen atoms in total. The second-order valence-electron chi connectivity index (χ2n) is 1.83. The number of hydrogen-bond donors (Lipinski definition) is 0. The third-order valence-corrected chi connectivity index (χ3v) is 1.12. The predicted octanol–water partition coefficient (Wildman–Crippen LogP) is 1.06. The van der Waals surface area contributed by atoms with Crippen molar-refractivity contribution in [2.75, 3.05) is 0 Å². The van der Waals surface area contributed by atoms with Gasteiger partial charge in [0, 0.05) is 0 Å². The highest BCUT2D eigenvalue weighted by Gasteiger charge is 2.28. The maximum atomic E-state index is 10.4. The largest absolute Gasteiger partial charge is 0.514 e. The van der Waals surface area contributed by atoms with Gasteiger partial charge < -0.3 is 9.47 Å². The van der Waals surface area contributed by atoms with E-state index < -0.39 is 12.3 Å². The molecule has 52 valence electrons. The van der Waals surface area contributed by atoms with E-state index in [2.05, 4.69) is 22.0 Å². The normalized spacial score (nSPS) is 23.3. The van der Waals surface area contributed by atoms with E-state index in [0.29, 0.717) is 12.2 Å². The minimum atomic E-state index is -0.717. The zero-order valence-electron chi connectivity index (χ0n) is 5.29. The molecule has 0 amide bonds. The summed E-state index contributed by atoms with van der Waals surface area (Å²) in [6, 6.07) is 0. The third kappa shape index (κ3) is 1.11. The zero-order valence-corrected chi connectivity index (χ0v) is 5.29. The summed E-state index contributed by atoms with van der Waals surface area (Å²) in [5.74, 6) is 2.64. The summed E-state index contributed by atoms with van der Waals surface area (Å²) in [5.41, 5.74) is 0. The quantitative estimate of drug-likeness (QED) is 0.401. The summed E-state index contributed by atoms with van der Waals surface area (Å²) < 4.78 is 9.09. The Kier molecular flexibility index (Phi) is 1.63. The van der Waals surface area contributed by atoms with Crippen LogP contribution in [-0.2, 0) is 9.47 Å². The standard InChI is InChI=1S/C7H6O3/c1-3-4-6-5(2)9-7(8)10-6/h1,6H,2,4H2. The van der Waals surface area contributed by atoms with Crippen molar-refractivity contribution in [2.45, 2.75) is 12.5 Å². The van der Waals surface area contributed by atoms with Crippen molar-refractivity contribution in [3.05, 3.63) is 12.3 Å². The van der Waals surface area contributed by atoms with Gasteiger partial charge in [0.15, 0.2) is 6.10 Å². The second kappa shape index (κ2) is 2.44. The average molecular weight is 138 g/mol. The molecule has 1 saturated heterocycles. The Balaban J connectivity index is 2.56. The fraction of sp³-hybridized carbons (Fsp3) is 0.286. The lowest BCUT2D eigenvalue weighted by molar-refractivity contribution is 0.119. The van der Waals surface area contributed by atoms with Crippen LogP contribution in [0.5, 0.6) is 0 Å². The highest BCUT2D eigenvalue weighted by Crippen LogP contribution is 2.18. The van der Waals surface area contributed by atoms with Gasteiger partial charge in [0.1, 0.15) is 5.76 Å². The van der Waals surface area contributed by atoms with Gasteiger partial charge in [-0.1, -0.05) is 6.58 Å². The molecule has 0 aromatic rings. The van der Waals surface area contributed by atoms with Gasteiger partial charge in [0.05, 0.1) is 6.42 Å². The molecule has 1 fully saturated rings. The van der Waals surface area contributed by atoms with Crippen LogP contribution in [0, 0.1) is 12.3 Å². The lowest BCUT2D eigenvalue weighted by Gasteiger charge is -1.99. The number of terminal acetylenes is 1. The first-order valence-electron chi connectivity index (χ1n) is 2.74. The van der Waals surface area contributed by atoms with Gasteiger partial charge in [-0.25, -0.2) is 4.79 Å². The van der Waals surface area contributed by atoms with Crippen molar-refractivity contribution in [3.63, 3.8) is 0 Å². The van der Waals surface area contributed by atoms with Crippen LogP contribution in [0.2, 0.25) is 0 Å². The highest BCUT2D eigenvalue weighted by atomic mass is 16.8. The molecule has 1 aliphatic rings. The lowest BCUT2D eigenvalue weighted by Crippen LogP contribution is -2.05. The first-order valence-corrected chi connectivity index (χ1v) is 2.74. The number of cyclic esters (lactones) is 2. The molecule has 1 atom stereocenters. The van der Waals surface area contributed by atoms with Gasteiger partial charge in [-0.05, 0) is 0 Å². The van der Waals surface area contributed by atoms with Crippen molar-refractivity contribution in [1.82, 2.24) is 0 Å². The SMILES string of the molecule is C#CCC1OC(=O)OC1=C. The summed E-state index contributed by atoms with van der Waals surface area (Å²) in [6.45, 7) is 3.44. The second-order valence-corrected chi connectivity index (χ2v) is 1.83. The smallest absolute Gasteiger partial charge is 0.421 e. The monoisotopic (exact) mass is 138 g/mol. The lowest BCUT2D eigenvalue weighted by atomic mass is 10.2. The van der Waals surface area contributed by atoms with Gasteiger partial charge >= 0.3 is 6.16 Å². The molecule has 0 aromatic carbocycles. The maximum absolute atomic E-state index is 10.4. The van der Waals surface area contributed by atoms with E-state index in [1.165, 1.54) is 0 Å². The molecule has 10 heavy (non-hydrogen) atoms. The number of ether oxygens (including phenoxy) is 2. The molecule has 1 unspecified atom stereocenters. The van der Waals surface area contributed by atoms with Gasteiger partial charge in [-0.15, -0.1) is 12.3 Å². The average Bonchev–Trinajstić information content (AvgIpc) is 2.13. The molecular weight excluding hydrogens is 132 g/mol.